The zero-order valence-electron chi connectivity index (χ0n) is 20.1. The van der Waals surface area contributed by atoms with E-state index in [1.807, 2.05) is 0 Å². The highest BCUT2D eigenvalue weighted by atomic mass is 16.4. The summed E-state index contributed by atoms with van der Waals surface area (Å²) in [7, 11) is 0. The Morgan fingerprint density at radius 1 is 0.483 bits per heavy atom. The molecule has 176 valence electrons. The summed E-state index contributed by atoms with van der Waals surface area (Å²) >= 11 is 0. The van der Waals surface area contributed by atoms with Gasteiger partial charge in [0, 0.05) is 13.0 Å². The third-order valence-electron chi connectivity index (χ3n) is 5.51. The van der Waals surface area contributed by atoms with E-state index < -0.39 is 5.97 Å². The van der Waals surface area contributed by atoms with E-state index in [1.165, 1.54) is 109 Å². The Balaban J connectivity index is 0. The van der Waals surface area contributed by atoms with Gasteiger partial charge in [0.2, 0.25) is 0 Å². The molecule has 0 aliphatic carbocycles. The zero-order valence-corrected chi connectivity index (χ0v) is 20.1. The van der Waals surface area contributed by atoms with E-state index in [0.29, 0.717) is 13.0 Å². The topological polar surface area (TPSA) is 57.5 Å². The first-order valence-electron chi connectivity index (χ1n) is 13.0. The fourth-order valence-electron chi connectivity index (χ4n) is 3.51. The number of carboxylic acid groups (broad SMARTS) is 1. The number of aliphatic carboxylic acids is 1. The molecule has 0 radical (unpaired) electrons. The largest absolute Gasteiger partial charge is 0.481 e. The van der Waals surface area contributed by atoms with Crippen LogP contribution in [-0.2, 0) is 4.79 Å². The van der Waals surface area contributed by atoms with Gasteiger partial charge in [-0.2, -0.15) is 0 Å². The van der Waals surface area contributed by atoms with Gasteiger partial charge >= 0.3 is 5.97 Å². The number of carbonyl (C=O) groups is 1. The van der Waals surface area contributed by atoms with Gasteiger partial charge in [-0.05, 0) is 12.8 Å². The normalized spacial score (nSPS) is 10.6. The van der Waals surface area contributed by atoms with Crippen molar-refractivity contribution in [3.05, 3.63) is 0 Å². The van der Waals surface area contributed by atoms with E-state index in [2.05, 4.69) is 13.8 Å². The highest BCUT2D eigenvalue weighted by Crippen LogP contribution is 2.14. The van der Waals surface area contributed by atoms with Crippen LogP contribution in [0.2, 0.25) is 0 Å². The molecule has 0 heterocycles. The van der Waals surface area contributed by atoms with Gasteiger partial charge in [-0.3, -0.25) is 4.79 Å². The van der Waals surface area contributed by atoms with E-state index in [4.69, 9.17) is 10.2 Å². The zero-order chi connectivity index (χ0) is 21.8. The Labute approximate surface area is 183 Å². The Bertz CT molecular complexity index is 290. The minimum absolute atomic E-state index is 0.344. The van der Waals surface area contributed by atoms with Crippen LogP contribution in [0, 0.1) is 0 Å². The maximum Gasteiger partial charge on any atom is 0.303 e. The SMILES string of the molecule is CCCCCCCCCCCCCCCCCCCCCC(=O)O.CCCCO. The maximum absolute atomic E-state index is 10.4. The van der Waals surface area contributed by atoms with E-state index in [-0.39, 0.29) is 0 Å². The summed E-state index contributed by atoms with van der Waals surface area (Å²) < 4.78 is 0. The Kier molecular flexibility index (Phi) is 31.3. The standard InChI is InChI=1S/C22H44O2.C4H10O/c1-2-3-4-5-6-7-8-9-10-11-12-13-14-15-16-17-18-19-20-21-22(23)24;1-2-3-4-5/h2-21H2,1H3,(H,23,24);5H,2-4H2,1H3. The van der Waals surface area contributed by atoms with Gasteiger partial charge in [0.25, 0.3) is 0 Å². The van der Waals surface area contributed by atoms with Gasteiger partial charge in [-0.15, -0.1) is 0 Å². The molecule has 0 aromatic rings. The summed E-state index contributed by atoms with van der Waals surface area (Å²) in [4.78, 5) is 10.4. The molecule has 0 spiro atoms. The molecular weight excluding hydrogens is 360 g/mol. The second kappa shape index (κ2) is 29.6. The van der Waals surface area contributed by atoms with E-state index >= 15 is 0 Å². The van der Waals surface area contributed by atoms with Gasteiger partial charge in [0.1, 0.15) is 0 Å². The highest BCUT2D eigenvalue weighted by Gasteiger charge is 1.97. The summed E-state index contributed by atoms with van der Waals surface area (Å²) in [6.07, 6.45) is 28.1. The van der Waals surface area contributed by atoms with E-state index in [0.717, 1.165) is 25.7 Å². The molecule has 0 saturated heterocycles. The molecule has 0 aromatic carbocycles. The molecule has 0 fully saturated rings. The van der Waals surface area contributed by atoms with E-state index in [1.54, 1.807) is 0 Å². The molecule has 3 nitrogen and oxygen atoms in total. The lowest BCUT2D eigenvalue weighted by atomic mass is 10.0. The molecule has 0 rings (SSSR count). The molecule has 0 unspecified atom stereocenters. The second-order valence-electron chi connectivity index (χ2n) is 8.58. The van der Waals surface area contributed by atoms with Gasteiger partial charge < -0.3 is 10.2 Å². The lowest BCUT2D eigenvalue weighted by Gasteiger charge is -2.03. The van der Waals surface area contributed by atoms with Crippen molar-refractivity contribution in [1.82, 2.24) is 0 Å². The first kappa shape index (κ1) is 30.6. The van der Waals surface area contributed by atoms with Crippen LogP contribution >= 0.6 is 0 Å². The van der Waals surface area contributed by atoms with Gasteiger partial charge in [-0.25, -0.2) is 0 Å². The fraction of sp³-hybridized carbons (Fsp3) is 0.962. The van der Waals surface area contributed by atoms with Gasteiger partial charge in [0.15, 0.2) is 0 Å². The van der Waals surface area contributed by atoms with Crippen LogP contribution in [0.1, 0.15) is 155 Å². The number of aliphatic hydroxyl groups excluding tert-OH is 1. The predicted molar refractivity (Wildman–Crippen MR) is 128 cm³/mol. The lowest BCUT2D eigenvalue weighted by molar-refractivity contribution is -0.137. The minimum atomic E-state index is -0.651. The third kappa shape index (κ3) is 35.3. The molecule has 0 aromatic heterocycles. The number of rotatable bonds is 22. The first-order valence-corrected chi connectivity index (χ1v) is 13.0. The highest BCUT2D eigenvalue weighted by molar-refractivity contribution is 5.66. The lowest BCUT2D eigenvalue weighted by Crippen LogP contribution is -1.93. The summed E-state index contributed by atoms with van der Waals surface area (Å²) in [6, 6.07) is 0. The number of aliphatic hydroxyl groups is 1. The summed E-state index contributed by atoms with van der Waals surface area (Å²) in [6.45, 7) is 4.68. The van der Waals surface area contributed by atoms with Crippen LogP contribution in [0.5, 0.6) is 0 Å². The molecule has 0 bridgehead atoms. The monoisotopic (exact) mass is 414 g/mol. The van der Waals surface area contributed by atoms with Crippen LogP contribution in [0.25, 0.3) is 0 Å². The quantitative estimate of drug-likeness (QED) is 0.174. The number of unbranched alkanes of at least 4 members (excludes halogenated alkanes) is 19. The molecular formula is C26H54O3. The fourth-order valence-corrected chi connectivity index (χ4v) is 3.51. The van der Waals surface area contributed by atoms with Gasteiger partial charge in [0.05, 0.1) is 0 Å². The van der Waals surface area contributed by atoms with Crippen molar-refractivity contribution in [2.24, 2.45) is 0 Å². The molecule has 2 N–H and O–H groups in total. The molecule has 29 heavy (non-hydrogen) atoms. The third-order valence-corrected chi connectivity index (χ3v) is 5.51. The van der Waals surface area contributed by atoms with Crippen molar-refractivity contribution in [2.45, 2.75) is 155 Å². The van der Waals surface area contributed by atoms with Crippen LogP contribution < -0.4 is 0 Å². The van der Waals surface area contributed by atoms with Crippen molar-refractivity contribution >= 4 is 5.97 Å². The first-order chi connectivity index (χ1) is 14.2. The van der Waals surface area contributed by atoms with Crippen LogP contribution in [0.3, 0.4) is 0 Å². The second-order valence-corrected chi connectivity index (χ2v) is 8.58. The molecule has 3 heteroatoms. The average Bonchev–Trinajstić information content (AvgIpc) is 2.70. The van der Waals surface area contributed by atoms with Crippen LogP contribution in [0.15, 0.2) is 0 Å². The van der Waals surface area contributed by atoms with Gasteiger partial charge in [-0.1, -0.05) is 136 Å². The number of carboxylic acids is 1. The van der Waals surface area contributed by atoms with Crippen molar-refractivity contribution in [2.75, 3.05) is 6.61 Å². The molecule has 0 aliphatic rings. The number of hydrogen-bond acceptors (Lipinski definition) is 2. The Hall–Kier alpha value is -0.570. The van der Waals surface area contributed by atoms with Crippen LogP contribution in [0.4, 0.5) is 0 Å². The van der Waals surface area contributed by atoms with Crippen molar-refractivity contribution in [3.8, 4) is 0 Å². The van der Waals surface area contributed by atoms with Crippen LogP contribution in [-0.4, -0.2) is 22.8 Å². The maximum atomic E-state index is 10.4. The molecule has 0 aliphatic heterocycles. The number of hydrogen-bond donors (Lipinski definition) is 2. The minimum Gasteiger partial charge on any atom is -0.481 e. The predicted octanol–water partition coefficient (Wildman–Crippen LogP) is 8.67. The van der Waals surface area contributed by atoms with Crippen molar-refractivity contribution in [1.29, 1.82) is 0 Å². The summed E-state index contributed by atoms with van der Waals surface area (Å²) in [5, 5.41) is 16.6. The summed E-state index contributed by atoms with van der Waals surface area (Å²) in [5.41, 5.74) is 0. The van der Waals surface area contributed by atoms with Crippen molar-refractivity contribution < 1.29 is 15.0 Å². The van der Waals surface area contributed by atoms with E-state index in [9.17, 15) is 4.79 Å². The summed E-state index contributed by atoms with van der Waals surface area (Å²) in [5.74, 6) is -0.651. The smallest absolute Gasteiger partial charge is 0.303 e. The molecule has 0 amide bonds. The average molecular weight is 415 g/mol. The molecule has 0 atom stereocenters. The molecule has 0 saturated carbocycles. The Morgan fingerprint density at radius 2 is 0.759 bits per heavy atom. The Morgan fingerprint density at radius 3 is 0.966 bits per heavy atom. The van der Waals surface area contributed by atoms with Crippen molar-refractivity contribution in [3.63, 3.8) is 0 Å².